The van der Waals surface area contributed by atoms with E-state index in [-0.39, 0.29) is 18.2 Å². The summed E-state index contributed by atoms with van der Waals surface area (Å²) >= 11 is 0. The van der Waals surface area contributed by atoms with Crippen molar-refractivity contribution in [3.8, 4) is 0 Å². The summed E-state index contributed by atoms with van der Waals surface area (Å²) in [5.41, 5.74) is 2.11. The van der Waals surface area contributed by atoms with Crippen LogP contribution in [0.15, 0.2) is 60.7 Å². The zero-order chi connectivity index (χ0) is 13.2. The van der Waals surface area contributed by atoms with Crippen LogP contribution in [0, 0.1) is 0 Å². The summed E-state index contributed by atoms with van der Waals surface area (Å²) in [5.74, 6) is 0. The minimum absolute atomic E-state index is 0.0731. The van der Waals surface area contributed by atoms with Crippen molar-refractivity contribution in [2.75, 3.05) is 7.05 Å². The molecule has 3 rings (SSSR count). The second-order valence-corrected chi connectivity index (χ2v) is 4.68. The molecule has 3 heteroatoms. The number of ether oxygens (including phenoxy) is 1. The first-order valence-corrected chi connectivity index (χ1v) is 6.31. The molecular formula is C16H15NO2. The first-order chi connectivity index (χ1) is 9.27. The minimum atomic E-state index is -0.275. The largest absolute Gasteiger partial charge is 0.439 e. The first kappa shape index (κ1) is 11.8. The Morgan fingerprint density at radius 2 is 1.42 bits per heavy atom. The zero-order valence-electron chi connectivity index (χ0n) is 10.7. The average molecular weight is 253 g/mol. The van der Waals surface area contributed by atoms with Crippen molar-refractivity contribution in [2.24, 2.45) is 0 Å². The van der Waals surface area contributed by atoms with E-state index < -0.39 is 0 Å². The lowest BCUT2D eigenvalue weighted by atomic mass is 9.96. The SMILES string of the molecule is CN1C(=O)O[C@@H](c2ccccc2)[C@@H]1c1ccccc1. The standard InChI is InChI=1S/C16H15NO2/c1-17-14(12-8-4-2-5-9-12)15(19-16(17)18)13-10-6-3-7-11-13/h2-11,14-15H,1H3/t14-,15-/m0/s1. The second kappa shape index (κ2) is 4.76. The Balaban J connectivity index is 2.01. The van der Waals surface area contributed by atoms with Gasteiger partial charge in [0.2, 0.25) is 0 Å². The lowest BCUT2D eigenvalue weighted by Gasteiger charge is -2.22. The Morgan fingerprint density at radius 3 is 2.00 bits per heavy atom. The fraction of sp³-hybridized carbons (Fsp3) is 0.188. The molecule has 1 heterocycles. The van der Waals surface area contributed by atoms with Crippen molar-refractivity contribution < 1.29 is 9.53 Å². The molecule has 19 heavy (non-hydrogen) atoms. The molecule has 0 bridgehead atoms. The number of benzene rings is 2. The van der Waals surface area contributed by atoms with Crippen molar-refractivity contribution in [1.82, 2.24) is 4.90 Å². The number of rotatable bonds is 2. The lowest BCUT2D eigenvalue weighted by Crippen LogP contribution is -2.23. The molecule has 0 aliphatic carbocycles. The summed E-state index contributed by atoms with van der Waals surface area (Å²) < 4.78 is 5.51. The highest BCUT2D eigenvalue weighted by atomic mass is 16.6. The Kier molecular flexibility index (Phi) is 2.95. The van der Waals surface area contributed by atoms with Gasteiger partial charge in [0.15, 0.2) is 6.10 Å². The monoisotopic (exact) mass is 253 g/mol. The van der Waals surface area contributed by atoms with Crippen molar-refractivity contribution in [1.29, 1.82) is 0 Å². The fourth-order valence-electron chi connectivity index (χ4n) is 2.51. The number of cyclic esters (lactones) is 1. The smallest absolute Gasteiger partial charge is 0.410 e. The Bertz CT molecular complexity index is 568. The molecule has 96 valence electrons. The maximum atomic E-state index is 11.8. The molecule has 2 atom stereocenters. The van der Waals surface area contributed by atoms with Crippen LogP contribution in [0.4, 0.5) is 4.79 Å². The third-order valence-corrected chi connectivity index (χ3v) is 3.49. The number of carbonyl (C=O) groups excluding carboxylic acids is 1. The Morgan fingerprint density at radius 1 is 0.895 bits per heavy atom. The minimum Gasteiger partial charge on any atom is -0.439 e. The van der Waals surface area contributed by atoms with Crippen LogP contribution in [0.5, 0.6) is 0 Å². The number of nitrogens with zero attached hydrogens (tertiary/aromatic N) is 1. The number of hydrogen-bond acceptors (Lipinski definition) is 2. The number of amides is 1. The van der Waals surface area contributed by atoms with E-state index in [9.17, 15) is 4.79 Å². The molecule has 0 spiro atoms. The Labute approximate surface area is 112 Å². The normalized spacial score (nSPS) is 22.4. The van der Waals surface area contributed by atoms with Gasteiger partial charge in [0.25, 0.3) is 0 Å². The van der Waals surface area contributed by atoms with Crippen LogP contribution < -0.4 is 0 Å². The van der Waals surface area contributed by atoms with Crippen molar-refractivity contribution >= 4 is 6.09 Å². The van der Waals surface area contributed by atoms with Gasteiger partial charge in [0.1, 0.15) is 6.04 Å². The molecule has 0 radical (unpaired) electrons. The molecule has 1 amide bonds. The summed E-state index contributed by atoms with van der Waals surface area (Å²) in [6.07, 6.45) is -0.524. The van der Waals surface area contributed by atoms with Crippen LogP contribution in [-0.4, -0.2) is 18.0 Å². The van der Waals surface area contributed by atoms with Gasteiger partial charge < -0.3 is 9.64 Å². The van der Waals surface area contributed by atoms with Crippen LogP contribution >= 0.6 is 0 Å². The molecule has 0 saturated carbocycles. The van der Waals surface area contributed by atoms with Crippen molar-refractivity contribution in [3.05, 3.63) is 71.8 Å². The summed E-state index contributed by atoms with van der Waals surface area (Å²) in [6.45, 7) is 0. The van der Waals surface area contributed by atoms with Gasteiger partial charge in [0.05, 0.1) is 0 Å². The van der Waals surface area contributed by atoms with E-state index in [0.717, 1.165) is 11.1 Å². The highest BCUT2D eigenvalue weighted by molar-refractivity contribution is 5.71. The van der Waals surface area contributed by atoms with E-state index in [1.807, 2.05) is 60.7 Å². The van der Waals surface area contributed by atoms with Gasteiger partial charge in [-0.25, -0.2) is 4.79 Å². The van der Waals surface area contributed by atoms with E-state index in [4.69, 9.17) is 4.74 Å². The quantitative estimate of drug-likeness (QED) is 0.819. The van der Waals surface area contributed by atoms with Gasteiger partial charge in [-0.05, 0) is 11.1 Å². The summed E-state index contributed by atoms with van der Waals surface area (Å²) in [6, 6.07) is 19.8. The molecule has 1 fully saturated rings. The molecule has 1 aliphatic rings. The van der Waals surface area contributed by atoms with Gasteiger partial charge >= 0.3 is 6.09 Å². The zero-order valence-corrected chi connectivity index (χ0v) is 10.7. The molecule has 0 aromatic heterocycles. The van der Waals surface area contributed by atoms with Crippen molar-refractivity contribution in [3.63, 3.8) is 0 Å². The predicted molar refractivity (Wildman–Crippen MR) is 72.6 cm³/mol. The third-order valence-electron chi connectivity index (χ3n) is 3.49. The fourth-order valence-corrected chi connectivity index (χ4v) is 2.51. The molecule has 0 N–H and O–H groups in total. The van der Waals surface area contributed by atoms with Gasteiger partial charge in [-0.15, -0.1) is 0 Å². The van der Waals surface area contributed by atoms with Gasteiger partial charge in [0, 0.05) is 7.05 Å². The van der Waals surface area contributed by atoms with Crippen LogP contribution in [0.1, 0.15) is 23.3 Å². The summed E-state index contributed by atoms with van der Waals surface area (Å²) in [4.78, 5) is 13.5. The first-order valence-electron chi connectivity index (χ1n) is 6.31. The van der Waals surface area contributed by atoms with E-state index in [0.29, 0.717) is 0 Å². The second-order valence-electron chi connectivity index (χ2n) is 4.68. The molecule has 3 nitrogen and oxygen atoms in total. The van der Waals surface area contributed by atoms with Crippen LogP contribution in [0.25, 0.3) is 0 Å². The molecule has 2 aromatic rings. The predicted octanol–water partition coefficient (Wildman–Crippen LogP) is 3.55. The van der Waals surface area contributed by atoms with E-state index >= 15 is 0 Å². The van der Waals surface area contributed by atoms with Crippen LogP contribution in [-0.2, 0) is 4.74 Å². The Hall–Kier alpha value is -2.29. The molecule has 1 saturated heterocycles. The molecule has 1 aliphatic heterocycles. The van der Waals surface area contributed by atoms with Gasteiger partial charge in [-0.1, -0.05) is 60.7 Å². The lowest BCUT2D eigenvalue weighted by molar-refractivity contribution is 0.130. The topological polar surface area (TPSA) is 29.5 Å². The molecule has 2 aromatic carbocycles. The summed E-state index contributed by atoms with van der Waals surface area (Å²) in [5, 5.41) is 0. The number of carbonyl (C=O) groups is 1. The molecular weight excluding hydrogens is 238 g/mol. The number of likely N-dealkylation sites (N-methyl/N-ethyl adjacent to an activating group) is 1. The van der Waals surface area contributed by atoms with Crippen LogP contribution in [0.2, 0.25) is 0 Å². The van der Waals surface area contributed by atoms with E-state index in [1.54, 1.807) is 11.9 Å². The summed E-state index contributed by atoms with van der Waals surface area (Å²) in [7, 11) is 1.78. The molecule has 0 unspecified atom stereocenters. The van der Waals surface area contributed by atoms with E-state index in [2.05, 4.69) is 0 Å². The van der Waals surface area contributed by atoms with Crippen LogP contribution in [0.3, 0.4) is 0 Å². The highest BCUT2D eigenvalue weighted by Crippen LogP contribution is 2.41. The van der Waals surface area contributed by atoms with Gasteiger partial charge in [-0.2, -0.15) is 0 Å². The average Bonchev–Trinajstić information content (AvgIpc) is 2.77. The maximum Gasteiger partial charge on any atom is 0.410 e. The highest BCUT2D eigenvalue weighted by Gasteiger charge is 2.41. The van der Waals surface area contributed by atoms with Gasteiger partial charge in [-0.3, -0.25) is 0 Å². The van der Waals surface area contributed by atoms with Crippen molar-refractivity contribution in [2.45, 2.75) is 12.1 Å². The number of hydrogen-bond donors (Lipinski definition) is 0. The maximum absolute atomic E-state index is 11.8. The van der Waals surface area contributed by atoms with E-state index in [1.165, 1.54) is 0 Å². The third kappa shape index (κ3) is 2.08.